The van der Waals surface area contributed by atoms with Crippen LogP contribution >= 0.6 is 0 Å². The van der Waals surface area contributed by atoms with Gasteiger partial charge in [0.05, 0.1) is 22.1 Å². The molecule has 6 heteroatoms. The lowest BCUT2D eigenvalue weighted by Gasteiger charge is -2.07. The van der Waals surface area contributed by atoms with Gasteiger partial charge in [-0.05, 0) is 17.7 Å². The van der Waals surface area contributed by atoms with Crippen LogP contribution in [0.25, 0.3) is 0 Å². The van der Waals surface area contributed by atoms with Crippen molar-refractivity contribution in [3.63, 3.8) is 0 Å². The molecule has 0 saturated carbocycles. The Morgan fingerprint density at radius 2 is 1.79 bits per heavy atom. The third-order valence-corrected chi connectivity index (χ3v) is 3.72. The number of nitrogens with zero attached hydrogens (tertiary/aromatic N) is 1. The standard InChI is InChI=1S/C13H10F3NOS/c14-13(15,16)11-6-7-17-12(8-11)19(18)9-10-4-2-1-3-5-10/h1-8H,9H2. The molecule has 1 aromatic carbocycles. The van der Waals surface area contributed by atoms with Gasteiger partial charge in [-0.15, -0.1) is 0 Å². The van der Waals surface area contributed by atoms with Gasteiger partial charge < -0.3 is 0 Å². The summed E-state index contributed by atoms with van der Waals surface area (Å²) in [4.78, 5) is 3.75. The van der Waals surface area contributed by atoms with Crippen LogP contribution in [-0.2, 0) is 22.7 Å². The van der Waals surface area contributed by atoms with E-state index >= 15 is 0 Å². The molecule has 0 N–H and O–H groups in total. The molecule has 0 aliphatic carbocycles. The molecule has 1 heterocycles. The van der Waals surface area contributed by atoms with Gasteiger partial charge in [-0.1, -0.05) is 30.3 Å². The zero-order valence-electron chi connectivity index (χ0n) is 9.72. The van der Waals surface area contributed by atoms with Crippen molar-refractivity contribution in [2.75, 3.05) is 0 Å². The van der Waals surface area contributed by atoms with Gasteiger partial charge in [-0.3, -0.25) is 4.21 Å². The number of pyridine rings is 1. The fourth-order valence-electron chi connectivity index (χ4n) is 1.51. The van der Waals surface area contributed by atoms with Crippen LogP contribution in [0.3, 0.4) is 0 Å². The van der Waals surface area contributed by atoms with Gasteiger partial charge in [0.1, 0.15) is 5.03 Å². The summed E-state index contributed by atoms with van der Waals surface area (Å²) in [5, 5.41) is -0.0568. The molecule has 0 aliphatic rings. The highest BCUT2D eigenvalue weighted by Gasteiger charge is 2.31. The predicted octanol–water partition coefficient (Wildman–Crippen LogP) is 3.41. The maximum atomic E-state index is 12.5. The zero-order valence-corrected chi connectivity index (χ0v) is 10.5. The van der Waals surface area contributed by atoms with Crippen LogP contribution in [0.15, 0.2) is 53.7 Å². The van der Waals surface area contributed by atoms with E-state index in [1.54, 1.807) is 24.3 Å². The molecule has 2 nitrogen and oxygen atoms in total. The summed E-state index contributed by atoms with van der Waals surface area (Å²) in [6.45, 7) is 0. The Labute approximate surface area is 110 Å². The number of rotatable bonds is 3. The maximum absolute atomic E-state index is 12.5. The zero-order chi connectivity index (χ0) is 13.9. The number of hydrogen-bond acceptors (Lipinski definition) is 2. The van der Waals surface area contributed by atoms with Crippen molar-refractivity contribution in [1.82, 2.24) is 4.98 Å². The van der Waals surface area contributed by atoms with Crippen molar-refractivity contribution in [2.45, 2.75) is 17.0 Å². The van der Waals surface area contributed by atoms with Gasteiger partial charge in [0.25, 0.3) is 0 Å². The molecular formula is C13H10F3NOS. The molecule has 2 rings (SSSR count). The van der Waals surface area contributed by atoms with Crippen LogP contribution in [0.5, 0.6) is 0 Å². The van der Waals surface area contributed by atoms with Gasteiger partial charge >= 0.3 is 6.18 Å². The lowest BCUT2D eigenvalue weighted by molar-refractivity contribution is -0.137. The molecule has 0 spiro atoms. The molecular weight excluding hydrogens is 275 g/mol. The molecule has 100 valence electrons. The number of alkyl halides is 3. The summed E-state index contributed by atoms with van der Waals surface area (Å²) in [6, 6.07) is 10.6. The molecule has 2 aromatic rings. The van der Waals surface area contributed by atoms with Crippen LogP contribution in [0.2, 0.25) is 0 Å². The van der Waals surface area contributed by atoms with E-state index in [1.807, 2.05) is 6.07 Å². The molecule has 0 aliphatic heterocycles. The average molecular weight is 285 g/mol. The molecule has 0 fully saturated rings. The molecule has 0 bridgehead atoms. The lowest BCUT2D eigenvalue weighted by atomic mass is 10.2. The van der Waals surface area contributed by atoms with E-state index in [0.29, 0.717) is 0 Å². The Kier molecular flexibility index (Phi) is 3.99. The van der Waals surface area contributed by atoms with Crippen LogP contribution in [0.1, 0.15) is 11.1 Å². The Morgan fingerprint density at radius 1 is 1.11 bits per heavy atom. The van der Waals surface area contributed by atoms with Gasteiger partial charge in [-0.2, -0.15) is 13.2 Å². The van der Waals surface area contributed by atoms with Gasteiger partial charge in [-0.25, -0.2) is 4.98 Å². The van der Waals surface area contributed by atoms with Crippen molar-refractivity contribution < 1.29 is 17.4 Å². The first-order chi connectivity index (χ1) is 8.97. The second kappa shape index (κ2) is 5.52. The quantitative estimate of drug-likeness (QED) is 0.865. The minimum Gasteiger partial charge on any atom is -0.252 e. The molecule has 1 unspecified atom stereocenters. The lowest BCUT2D eigenvalue weighted by Crippen LogP contribution is -2.07. The first-order valence-electron chi connectivity index (χ1n) is 5.42. The maximum Gasteiger partial charge on any atom is 0.416 e. The third kappa shape index (κ3) is 3.64. The second-order valence-electron chi connectivity index (χ2n) is 3.86. The number of halogens is 3. The van der Waals surface area contributed by atoms with E-state index in [1.165, 1.54) is 0 Å². The topological polar surface area (TPSA) is 30.0 Å². The molecule has 1 aromatic heterocycles. The van der Waals surface area contributed by atoms with E-state index in [0.717, 1.165) is 23.9 Å². The third-order valence-electron chi connectivity index (χ3n) is 2.44. The van der Waals surface area contributed by atoms with Crippen molar-refractivity contribution >= 4 is 10.8 Å². The Hall–Kier alpha value is -1.69. The van der Waals surface area contributed by atoms with Gasteiger partial charge in [0, 0.05) is 6.20 Å². The first kappa shape index (κ1) is 13.7. The van der Waals surface area contributed by atoms with Crippen LogP contribution < -0.4 is 0 Å². The van der Waals surface area contributed by atoms with E-state index in [4.69, 9.17) is 0 Å². The molecule has 1 atom stereocenters. The average Bonchev–Trinajstić information content (AvgIpc) is 2.39. The summed E-state index contributed by atoms with van der Waals surface area (Å²) in [5.74, 6) is 0.148. The van der Waals surface area contributed by atoms with Crippen LogP contribution in [-0.4, -0.2) is 9.19 Å². The fourth-order valence-corrected chi connectivity index (χ4v) is 2.59. The van der Waals surface area contributed by atoms with E-state index in [-0.39, 0.29) is 10.8 Å². The Balaban J connectivity index is 2.20. The van der Waals surface area contributed by atoms with Crippen molar-refractivity contribution in [2.24, 2.45) is 0 Å². The van der Waals surface area contributed by atoms with Crippen LogP contribution in [0.4, 0.5) is 13.2 Å². The SMILES string of the molecule is O=S(Cc1ccccc1)c1cc(C(F)(F)F)ccn1. The number of benzene rings is 1. The summed E-state index contributed by atoms with van der Waals surface area (Å²) in [7, 11) is -1.59. The Morgan fingerprint density at radius 3 is 2.42 bits per heavy atom. The number of hydrogen-bond donors (Lipinski definition) is 0. The minimum atomic E-state index is -4.45. The second-order valence-corrected chi connectivity index (χ2v) is 5.25. The van der Waals surface area contributed by atoms with Crippen molar-refractivity contribution in [3.8, 4) is 0 Å². The summed E-state index contributed by atoms with van der Waals surface area (Å²) < 4.78 is 49.6. The molecule has 0 radical (unpaired) electrons. The molecule has 0 amide bonds. The first-order valence-corrected chi connectivity index (χ1v) is 6.74. The largest absolute Gasteiger partial charge is 0.416 e. The minimum absolute atomic E-state index is 0.0568. The predicted molar refractivity (Wildman–Crippen MR) is 65.8 cm³/mol. The monoisotopic (exact) mass is 285 g/mol. The highest BCUT2D eigenvalue weighted by Crippen LogP contribution is 2.29. The fraction of sp³-hybridized carbons (Fsp3) is 0.154. The summed E-state index contributed by atoms with van der Waals surface area (Å²) >= 11 is 0. The van der Waals surface area contributed by atoms with E-state index < -0.39 is 22.5 Å². The highest BCUT2D eigenvalue weighted by atomic mass is 32.2. The molecule has 19 heavy (non-hydrogen) atoms. The van der Waals surface area contributed by atoms with Crippen molar-refractivity contribution in [3.05, 3.63) is 59.8 Å². The number of aromatic nitrogens is 1. The van der Waals surface area contributed by atoms with E-state index in [9.17, 15) is 17.4 Å². The normalized spacial score (nSPS) is 13.2. The van der Waals surface area contributed by atoms with Crippen LogP contribution in [0, 0.1) is 0 Å². The highest BCUT2D eigenvalue weighted by molar-refractivity contribution is 7.84. The van der Waals surface area contributed by atoms with Gasteiger partial charge in [0.15, 0.2) is 0 Å². The summed E-state index contributed by atoms with van der Waals surface area (Å²) in [6.07, 6.45) is -3.42. The van der Waals surface area contributed by atoms with Gasteiger partial charge in [0.2, 0.25) is 0 Å². The summed E-state index contributed by atoms with van der Waals surface area (Å²) in [5.41, 5.74) is -0.0426. The Bertz CT molecular complexity index is 584. The smallest absolute Gasteiger partial charge is 0.252 e. The molecule has 0 saturated heterocycles. The van der Waals surface area contributed by atoms with Crippen molar-refractivity contribution in [1.29, 1.82) is 0 Å². The van der Waals surface area contributed by atoms with E-state index in [2.05, 4.69) is 4.98 Å².